The molecular weight excluding hydrogens is 194 g/mol. The number of aliphatic hydroxyl groups is 1. The van der Waals surface area contributed by atoms with Crippen LogP contribution in [0.5, 0.6) is 0 Å². The fourth-order valence-electron chi connectivity index (χ4n) is 1.44. The molecule has 0 radical (unpaired) electrons. The summed E-state index contributed by atoms with van der Waals surface area (Å²) in [5, 5.41) is 12.1. The molecule has 2 rings (SSSR count). The lowest BCUT2D eigenvalue weighted by Gasteiger charge is -2.01. The van der Waals surface area contributed by atoms with E-state index in [2.05, 4.69) is 5.32 Å². The molecule has 0 bridgehead atoms. The average molecular weight is 203 g/mol. The van der Waals surface area contributed by atoms with Gasteiger partial charge in [0.2, 0.25) is 0 Å². The lowest BCUT2D eigenvalue weighted by atomic mass is 10.1. The molecule has 1 aliphatic rings. The Kier molecular flexibility index (Phi) is 2.25. The van der Waals surface area contributed by atoms with Crippen LogP contribution in [0.3, 0.4) is 0 Å². The van der Waals surface area contributed by atoms with E-state index in [0.29, 0.717) is 5.56 Å². The first-order valence-corrected chi connectivity index (χ1v) is 4.50. The molecule has 1 aliphatic heterocycles. The van der Waals surface area contributed by atoms with E-state index in [0.717, 1.165) is 0 Å². The molecule has 1 aromatic carbocycles. The second-order valence-electron chi connectivity index (χ2n) is 3.20. The summed E-state index contributed by atoms with van der Waals surface area (Å²) in [4.78, 5) is 22.5. The van der Waals surface area contributed by atoms with Gasteiger partial charge >= 0.3 is 0 Å². The highest BCUT2D eigenvalue weighted by Crippen LogP contribution is 2.18. The van der Waals surface area contributed by atoms with Crippen LogP contribution in [0.15, 0.2) is 35.9 Å². The molecule has 4 heteroatoms. The van der Waals surface area contributed by atoms with Gasteiger partial charge in [-0.3, -0.25) is 9.59 Å². The third-order valence-electron chi connectivity index (χ3n) is 2.20. The van der Waals surface area contributed by atoms with Gasteiger partial charge in [-0.1, -0.05) is 30.3 Å². The van der Waals surface area contributed by atoms with Gasteiger partial charge in [-0.2, -0.15) is 0 Å². The smallest absolute Gasteiger partial charge is 0.259 e. The van der Waals surface area contributed by atoms with Crippen molar-refractivity contribution in [3.05, 3.63) is 41.5 Å². The number of hydrogen-bond donors (Lipinski definition) is 2. The van der Waals surface area contributed by atoms with E-state index >= 15 is 0 Å². The van der Waals surface area contributed by atoms with Gasteiger partial charge in [-0.05, 0) is 0 Å². The van der Waals surface area contributed by atoms with Gasteiger partial charge in [-0.25, -0.2) is 0 Å². The summed E-state index contributed by atoms with van der Waals surface area (Å²) in [7, 11) is 0. The summed E-state index contributed by atoms with van der Waals surface area (Å²) >= 11 is 0. The number of rotatable bonds is 1. The molecule has 1 heterocycles. The first-order valence-electron chi connectivity index (χ1n) is 4.50. The van der Waals surface area contributed by atoms with E-state index in [4.69, 9.17) is 0 Å². The number of aliphatic hydroxyl groups excluding tert-OH is 1. The minimum absolute atomic E-state index is 0.0366. The maximum absolute atomic E-state index is 11.3. The van der Waals surface area contributed by atoms with Crippen molar-refractivity contribution in [1.82, 2.24) is 5.32 Å². The third-order valence-corrected chi connectivity index (χ3v) is 2.20. The Morgan fingerprint density at radius 1 is 1.20 bits per heavy atom. The van der Waals surface area contributed by atoms with E-state index in [9.17, 15) is 14.7 Å². The Hall–Kier alpha value is -2.10. The van der Waals surface area contributed by atoms with Crippen LogP contribution in [-0.4, -0.2) is 23.3 Å². The van der Waals surface area contributed by atoms with Crippen LogP contribution in [0.2, 0.25) is 0 Å². The Balaban J connectivity index is 2.50. The summed E-state index contributed by atoms with van der Waals surface area (Å²) in [5.74, 6) is -1.14. The van der Waals surface area contributed by atoms with Crippen molar-refractivity contribution in [2.75, 3.05) is 6.54 Å². The van der Waals surface area contributed by atoms with Crippen LogP contribution in [0.1, 0.15) is 5.56 Å². The second kappa shape index (κ2) is 3.57. The molecule has 15 heavy (non-hydrogen) atoms. The molecule has 76 valence electrons. The number of hydrogen-bond acceptors (Lipinski definition) is 3. The molecule has 0 aromatic heterocycles. The largest absolute Gasteiger partial charge is 0.506 e. The Bertz CT molecular complexity index is 430. The summed E-state index contributed by atoms with van der Waals surface area (Å²) in [5.41, 5.74) is 0.319. The lowest BCUT2D eigenvalue weighted by molar-refractivity contribution is -0.117. The summed E-state index contributed by atoms with van der Waals surface area (Å²) in [6, 6.07) is 8.52. The van der Waals surface area contributed by atoms with Crippen molar-refractivity contribution in [1.29, 1.82) is 0 Å². The molecule has 0 unspecified atom stereocenters. The highest BCUT2D eigenvalue weighted by molar-refractivity contribution is 6.28. The van der Waals surface area contributed by atoms with E-state index in [1.165, 1.54) is 0 Å². The number of benzene rings is 1. The van der Waals surface area contributed by atoms with Gasteiger partial charge in [0.1, 0.15) is 11.3 Å². The molecule has 1 amide bonds. The predicted octanol–water partition coefficient (Wildman–Crippen LogP) is 0.655. The number of Topliss-reactive ketones (excluding diaryl/α,β-unsaturated/α-hetero) is 1. The minimum Gasteiger partial charge on any atom is -0.506 e. The number of carbonyl (C=O) groups excluding carboxylic acids is 2. The van der Waals surface area contributed by atoms with Crippen molar-refractivity contribution >= 4 is 17.4 Å². The van der Waals surface area contributed by atoms with Gasteiger partial charge < -0.3 is 10.4 Å². The predicted molar refractivity (Wildman–Crippen MR) is 54.0 cm³/mol. The molecule has 0 spiro atoms. The monoisotopic (exact) mass is 203 g/mol. The highest BCUT2D eigenvalue weighted by atomic mass is 16.3. The Labute approximate surface area is 86.2 Å². The first kappa shape index (κ1) is 9.45. The van der Waals surface area contributed by atoms with Crippen LogP contribution in [-0.2, 0) is 9.59 Å². The lowest BCUT2D eigenvalue weighted by Crippen LogP contribution is -2.14. The SMILES string of the molecule is O=C1CNC(=O)/C1=C(/O)c1ccccc1. The van der Waals surface area contributed by atoms with Gasteiger partial charge in [0.15, 0.2) is 5.78 Å². The van der Waals surface area contributed by atoms with Crippen LogP contribution in [0.4, 0.5) is 0 Å². The summed E-state index contributed by atoms with van der Waals surface area (Å²) in [6.45, 7) is -0.0366. The van der Waals surface area contributed by atoms with E-state index in [1.54, 1.807) is 30.3 Å². The van der Waals surface area contributed by atoms with E-state index in [-0.39, 0.29) is 23.7 Å². The third kappa shape index (κ3) is 1.61. The Morgan fingerprint density at radius 2 is 1.87 bits per heavy atom. The van der Waals surface area contributed by atoms with E-state index in [1.807, 2.05) is 0 Å². The maximum atomic E-state index is 11.3. The zero-order valence-corrected chi connectivity index (χ0v) is 7.86. The van der Waals surface area contributed by atoms with Crippen molar-refractivity contribution in [3.8, 4) is 0 Å². The van der Waals surface area contributed by atoms with Crippen molar-refractivity contribution in [2.45, 2.75) is 0 Å². The van der Waals surface area contributed by atoms with Gasteiger partial charge in [-0.15, -0.1) is 0 Å². The molecule has 0 saturated carbocycles. The normalized spacial score (nSPS) is 18.9. The Morgan fingerprint density at radius 3 is 2.40 bits per heavy atom. The van der Waals surface area contributed by atoms with Crippen molar-refractivity contribution in [3.63, 3.8) is 0 Å². The molecule has 1 saturated heterocycles. The zero-order valence-electron chi connectivity index (χ0n) is 7.86. The van der Waals surface area contributed by atoms with Crippen molar-refractivity contribution < 1.29 is 14.7 Å². The second-order valence-corrected chi connectivity index (χ2v) is 3.20. The first-order chi connectivity index (χ1) is 7.20. The highest BCUT2D eigenvalue weighted by Gasteiger charge is 2.29. The van der Waals surface area contributed by atoms with Crippen LogP contribution in [0, 0.1) is 0 Å². The van der Waals surface area contributed by atoms with Crippen LogP contribution in [0.25, 0.3) is 5.76 Å². The molecule has 0 atom stereocenters. The maximum Gasteiger partial charge on any atom is 0.259 e. The summed E-state index contributed by atoms with van der Waals surface area (Å²) < 4.78 is 0. The van der Waals surface area contributed by atoms with Crippen molar-refractivity contribution in [2.24, 2.45) is 0 Å². The molecule has 1 fully saturated rings. The van der Waals surface area contributed by atoms with Gasteiger partial charge in [0.05, 0.1) is 6.54 Å². The standard InChI is InChI=1S/C11H9NO3/c13-8-6-12-11(15)9(8)10(14)7-4-2-1-3-5-7/h1-5,14H,6H2,(H,12,15)/b10-9+. The van der Waals surface area contributed by atoms with Crippen LogP contribution < -0.4 is 5.32 Å². The molecular formula is C11H9NO3. The number of nitrogens with one attached hydrogen (secondary N) is 1. The fraction of sp³-hybridized carbons (Fsp3) is 0.0909. The van der Waals surface area contributed by atoms with Crippen LogP contribution >= 0.6 is 0 Å². The average Bonchev–Trinajstić information content (AvgIpc) is 2.59. The van der Waals surface area contributed by atoms with E-state index < -0.39 is 5.91 Å². The zero-order chi connectivity index (χ0) is 10.8. The number of amides is 1. The van der Waals surface area contributed by atoms with Gasteiger partial charge in [0.25, 0.3) is 5.91 Å². The fourth-order valence-corrected chi connectivity index (χ4v) is 1.44. The molecule has 0 aliphatic carbocycles. The minimum atomic E-state index is -0.513. The quantitative estimate of drug-likeness (QED) is 0.400. The molecule has 4 nitrogen and oxygen atoms in total. The number of ketones is 1. The topological polar surface area (TPSA) is 66.4 Å². The number of carbonyl (C=O) groups is 2. The molecule has 2 N–H and O–H groups in total. The summed E-state index contributed by atoms with van der Waals surface area (Å²) in [6.07, 6.45) is 0. The molecule has 1 aromatic rings. The van der Waals surface area contributed by atoms with Gasteiger partial charge in [0, 0.05) is 5.56 Å².